The number of fused-ring (bicyclic) bond motifs is 3. The van der Waals surface area contributed by atoms with Crippen molar-refractivity contribution in [2.45, 2.75) is 33.4 Å². The van der Waals surface area contributed by atoms with E-state index < -0.39 is 5.91 Å². The second-order valence-corrected chi connectivity index (χ2v) is 8.39. The van der Waals surface area contributed by atoms with Gasteiger partial charge in [0.2, 0.25) is 5.91 Å². The first-order chi connectivity index (χ1) is 16.8. The summed E-state index contributed by atoms with van der Waals surface area (Å²) < 4.78 is 2.03. The predicted octanol–water partition coefficient (Wildman–Crippen LogP) is 4.03. The molecule has 4 aromatic rings. The minimum atomic E-state index is -0.599. The van der Waals surface area contributed by atoms with Crippen molar-refractivity contribution in [1.29, 1.82) is 0 Å². The molecule has 0 aliphatic carbocycles. The molecule has 8 heteroatoms. The number of amides is 2. The second-order valence-electron chi connectivity index (χ2n) is 8.39. The maximum Gasteiger partial charge on any atom is 0.274 e. The van der Waals surface area contributed by atoms with Crippen molar-refractivity contribution in [2.75, 3.05) is 0 Å². The number of Topliss-reactive ketones (excluding diaryl/α,β-unsaturated/α-hetero) is 2. The van der Waals surface area contributed by atoms with Gasteiger partial charge in [-0.2, -0.15) is 0 Å². The summed E-state index contributed by atoms with van der Waals surface area (Å²) in [6, 6.07) is 17.5. The topological polar surface area (TPSA) is 118 Å². The summed E-state index contributed by atoms with van der Waals surface area (Å²) in [6.45, 7) is 3.75. The summed E-state index contributed by atoms with van der Waals surface area (Å²) in [5.41, 5.74) is 5.66. The lowest BCUT2D eigenvalue weighted by Crippen LogP contribution is -2.24. The van der Waals surface area contributed by atoms with E-state index in [1.165, 1.54) is 13.8 Å². The molecule has 178 valence electrons. The predicted molar refractivity (Wildman–Crippen MR) is 132 cm³/mol. The Balaban J connectivity index is 1.54. The van der Waals surface area contributed by atoms with Crippen molar-refractivity contribution in [3.05, 3.63) is 82.9 Å². The molecule has 0 saturated carbocycles. The summed E-state index contributed by atoms with van der Waals surface area (Å²) in [4.78, 5) is 47.9. The van der Waals surface area contributed by atoms with Crippen LogP contribution >= 0.6 is 0 Å². The van der Waals surface area contributed by atoms with Crippen LogP contribution in [-0.4, -0.2) is 33.2 Å². The third-order valence-corrected chi connectivity index (χ3v) is 6.05. The Morgan fingerprint density at radius 3 is 1.77 bits per heavy atom. The van der Waals surface area contributed by atoms with E-state index >= 15 is 0 Å². The number of rotatable bonds is 8. The van der Waals surface area contributed by atoms with Gasteiger partial charge < -0.3 is 9.88 Å². The number of hydrogen-bond donors (Lipinski definition) is 3. The molecule has 2 amide bonds. The molecule has 0 spiro atoms. The molecule has 0 fully saturated rings. The largest absolute Gasteiger partial charge is 0.352 e. The molecule has 35 heavy (non-hydrogen) atoms. The average Bonchev–Trinajstić information content (AvgIpc) is 3.18. The number of hydroxylamine groups is 1. The van der Waals surface area contributed by atoms with Gasteiger partial charge in [0.1, 0.15) is 0 Å². The van der Waals surface area contributed by atoms with Crippen LogP contribution in [0.5, 0.6) is 0 Å². The number of ketones is 2. The highest BCUT2D eigenvalue weighted by atomic mass is 16.5. The van der Waals surface area contributed by atoms with Gasteiger partial charge in [0.05, 0.1) is 0 Å². The summed E-state index contributed by atoms with van der Waals surface area (Å²) in [7, 11) is 0. The molecule has 0 aliphatic heterocycles. The summed E-state index contributed by atoms with van der Waals surface area (Å²) >= 11 is 0. The molecule has 0 atom stereocenters. The van der Waals surface area contributed by atoms with Crippen LogP contribution < -0.4 is 10.8 Å². The van der Waals surface area contributed by atoms with Crippen molar-refractivity contribution >= 4 is 45.2 Å². The lowest BCUT2D eigenvalue weighted by atomic mass is 10.0. The van der Waals surface area contributed by atoms with Crippen molar-refractivity contribution < 1.29 is 24.4 Å². The van der Waals surface area contributed by atoms with Crippen LogP contribution in [0.4, 0.5) is 0 Å². The highest BCUT2D eigenvalue weighted by Crippen LogP contribution is 2.31. The fraction of sp³-hybridized carbons (Fsp3) is 0.185. The maximum absolute atomic E-state index is 12.6. The Hall–Kier alpha value is -4.30. The van der Waals surface area contributed by atoms with Crippen molar-refractivity contribution in [2.24, 2.45) is 0 Å². The quantitative estimate of drug-likeness (QED) is 0.204. The van der Waals surface area contributed by atoms with Gasteiger partial charge >= 0.3 is 0 Å². The van der Waals surface area contributed by atoms with Crippen molar-refractivity contribution in [3.63, 3.8) is 0 Å². The fourth-order valence-corrected chi connectivity index (χ4v) is 4.12. The van der Waals surface area contributed by atoms with Crippen LogP contribution in [-0.2, 0) is 17.9 Å². The number of nitrogens with one attached hydrogen (secondary N) is 2. The number of aryl methyl sites for hydroxylation is 1. The van der Waals surface area contributed by atoms with Gasteiger partial charge in [0.15, 0.2) is 11.6 Å². The molecular formula is C27H25N3O5. The van der Waals surface area contributed by atoms with E-state index in [2.05, 4.69) is 5.32 Å². The summed E-state index contributed by atoms with van der Waals surface area (Å²) in [5, 5.41) is 13.3. The smallest absolute Gasteiger partial charge is 0.274 e. The number of carbonyl (C=O) groups is 4. The lowest BCUT2D eigenvalue weighted by Gasteiger charge is -2.09. The number of carbonyl (C=O) groups excluding carboxylic acids is 4. The maximum atomic E-state index is 12.6. The zero-order valence-corrected chi connectivity index (χ0v) is 19.4. The molecule has 0 saturated heterocycles. The van der Waals surface area contributed by atoms with Gasteiger partial charge in [-0.25, -0.2) is 5.48 Å². The van der Waals surface area contributed by atoms with Crippen molar-refractivity contribution in [3.8, 4) is 0 Å². The molecular weight excluding hydrogens is 446 g/mol. The van der Waals surface area contributed by atoms with Crippen LogP contribution in [0.15, 0.2) is 60.7 Å². The van der Waals surface area contributed by atoms with E-state index in [-0.39, 0.29) is 23.9 Å². The molecule has 1 aromatic heterocycles. The Labute approximate surface area is 201 Å². The van der Waals surface area contributed by atoms with Gasteiger partial charge in [-0.15, -0.1) is 0 Å². The first kappa shape index (κ1) is 23.8. The molecule has 3 N–H and O–H groups in total. The van der Waals surface area contributed by atoms with Gasteiger partial charge in [-0.05, 0) is 67.9 Å². The highest BCUT2D eigenvalue weighted by molar-refractivity contribution is 6.12. The first-order valence-electron chi connectivity index (χ1n) is 11.2. The van der Waals surface area contributed by atoms with Gasteiger partial charge in [0.25, 0.3) is 5.91 Å². The monoisotopic (exact) mass is 471 g/mol. The number of aromatic nitrogens is 1. The van der Waals surface area contributed by atoms with Crippen LogP contribution in [0.1, 0.15) is 56.9 Å². The SMILES string of the molecule is CC(=O)c1ccc2c(c1)c1cc(C(C)=O)ccc1n2CCC(=O)NCc1ccc(C(=O)NO)cc1. The summed E-state index contributed by atoms with van der Waals surface area (Å²) in [6.07, 6.45) is 0.229. The van der Waals surface area contributed by atoms with Crippen LogP contribution in [0.2, 0.25) is 0 Å². The van der Waals surface area contributed by atoms with E-state index in [0.717, 1.165) is 27.4 Å². The van der Waals surface area contributed by atoms with Gasteiger partial charge in [-0.3, -0.25) is 24.4 Å². The summed E-state index contributed by atoms with van der Waals surface area (Å²) in [5.74, 6) is -0.824. The van der Waals surface area contributed by atoms with Crippen LogP contribution in [0.3, 0.4) is 0 Å². The van der Waals surface area contributed by atoms with E-state index in [4.69, 9.17) is 5.21 Å². The molecule has 8 nitrogen and oxygen atoms in total. The lowest BCUT2D eigenvalue weighted by molar-refractivity contribution is -0.121. The van der Waals surface area contributed by atoms with E-state index in [9.17, 15) is 19.2 Å². The second kappa shape index (κ2) is 9.90. The Kier molecular flexibility index (Phi) is 6.75. The number of nitrogens with zero attached hydrogens (tertiary/aromatic N) is 1. The highest BCUT2D eigenvalue weighted by Gasteiger charge is 2.15. The standard InChI is InChI=1S/C27H25N3O5/c1-16(31)20-7-9-24-22(13-20)23-14-21(17(2)32)8-10-25(23)30(24)12-11-26(33)28-15-18-3-5-19(6-4-18)27(34)29-35/h3-10,13-14,35H,11-12,15H2,1-2H3,(H,28,33)(H,29,34). The zero-order valence-electron chi connectivity index (χ0n) is 19.4. The Morgan fingerprint density at radius 1 is 0.771 bits per heavy atom. The Morgan fingerprint density at radius 2 is 1.29 bits per heavy atom. The first-order valence-corrected chi connectivity index (χ1v) is 11.2. The molecule has 1 heterocycles. The van der Waals surface area contributed by atoms with E-state index in [1.807, 2.05) is 28.8 Å². The van der Waals surface area contributed by atoms with Crippen LogP contribution in [0, 0.1) is 0 Å². The van der Waals surface area contributed by atoms with Crippen molar-refractivity contribution in [1.82, 2.24) is 15.4 Å². The minimum Gasteiger partial charge on any atom is -0.352 e. The number of hydrogen-bond acceptors (Lipinski definition) is 5. The van der Waals surface area contributed by atoms with Crippen LogP contribution in [0.25, 0.3) is 21.8 Å². The zero-order chi connectivity index (χ0) is 25.1. The Bertz CT molecular complexity index is 1400. The van der Waals surface area contributed by atoms with Gasteiger partial charge in [-0.1, -0.05) is 12.1 Å². The number of benzene rings is 3. The molecule has 0 unspecified atom stereocenters. The normalized spacial score (nSPS) is 10.9. The molecule has 3 aromatic carbocycles. The van der Waals surface area contributed by atoms with E-state index in [0.29, 0.717) is 29.8 Å². The van der Waals surface area contributed by atoms with E-state index in [1.54, 1.807) is 41.9 Å². The average molecular weight is 472 g/mol. The third kappa shape index (κ3) is 4.97. The fourth-order valence-electron chi connectivity index (χ4n) is 4.12. The third-order valence-electron chi connectivity index (χ3n) is 6.05. The molecule has 0 aliphatic rings. The van der Waals surface area contributed by atoms with Gasteiger partial charge in [0, 0.05) is 58.0 Å². The molecule has 0 radical (unpaired) electrons. The molecule has 4 rings (SSSR count). The minimum absolute atomic E-state index is 0.0417. The molecule has 0 bridgehead atoms.